The number of ether oxygens (including phenoxy) is 1. The number of aromatic amines is 2. The Labute approximate surface area is 167 Å². The van der Waals surface area contributed by atoms with Gasteiger partial charge in [0.2, 0.25) is 5.91 Å². The molecule has 12 heteroatoms. The summed E-state index contributed by atoms with van der Waals surface area (Å²) in [5.41, 5.74) is 3.97. The molecule has 0 aliphatic heterocycles. The Morgan fingerprint density at radius 1 is 1.21 bits per heavy atom. The van der Waals surface area contributed by atoms with Crippen molar-refractivity contribution in [1.29, 1.82) is 0 Å². The largest absolute Gasteiger partial charge is 0.495 e. The molecule has 3 rings (SSSR count). The van der Waals surface area contributed by atoms with Crippen LogP contribution in [0.3, 0.4) is 0 Å². The van der Waals surface area contributed by atoms with Crippen LogP contribution in [0.2, 0.25) is 0 Å². The molecule has 1 aromatic carbocycles. The highest BCUT2D eigenvalue weighted by Crippen LogP contribution is 2.23. The van der Waals surface area contributed by atoms with E-state index in [2.05, 4.69) is 20.3 Å². The van der Waals surface area contributed by atoms with Gasteiger partial charge in [0.25, 0.3) is 11.1 Å². The van der Waals surface area contributed by atoms with Gasteiger partial charge in [-0.25, -0.2) is 14.3 Å². The highest BCUT2D eigenvalue weighted by Gasteiger charge is 2.15. The summed E-state index contributed by atoms with van der Waals surface area (Å²) in [5.74, 6) is -0.333. The number of hydrogen-bond donors (Lipinski definition) is 4. The van der Waals surface area contributed by atoms with Crippen molar-refractivity contribution in [1.82, 2.24) is 19.5 Å². The van der Waals surface area contributed by atoms with Crippen LogP contribution in [-0.2, 0) is 4.79 Å². The fourth-order valence-corrected chi connectivity index (χ4v) is 3.16. The topological polar surface area (TPSA) is 165 Å². The first kappa shape index (κ1) is 19.9. The van der Waals surface area contributed by atoms with Crippen LogP contribution in [0.25, 0.3) is 5.69 Å². The zero-order valence-electron chi connectivity index (χ0n) is 15.1. The predicted octanol–water partition coefficient (Wildman–Crippen LogP) is -0.0693. The molecule has 11 nitrogen and oxygen atoms in total. The number of anilines is 2. The van der Waals surface area contributed by atoms with Gasteiger partial charge in [0, 0.05) is 12.1 Å². The molecule has 0 aliphatic rings. The number of amides is 1. The predicted molar refractivity (Wildman–Crippen MR) is 108 cm³/mol. The van der Waals surface area contributed by atoms with Crippen molar-refractivity contribution in [3.8, 4) is 11.4 Å². The number of methoxy groups -OCH3 is 1. The summed E-state index contributed by atoms with van der Waals surface area (Å²) >= 11 is 0.937. The van der Waals surface area contributed by atoms with Crippen LogP contribution in [0.15, 0.2) is 55.9 Å². The number of thioether (sulfide) groups is 1. The molecule has 0 radical (unpaired) electrons. The number of hydrogen-bond acceptors (Lipinski definition) is 8. The van der Waals surface area contributed by atoms with Crippen molar-refractivity contribution >= 4 is 29.3 Å². The van der Waals surface area contributed by atoms with Crippen molar-refractivity contribution in [2.24, 2.45) is 0 Å². The number of benzene rings is 1. The van der Waals surface area contributed by atoms with Gasteiger partial charge in [-0.15, -0.1) is 0 Å². The SMILES string of the molecule is COc1ccccc1-n1c(NC(=O)CSc2nc(N)cc(=O)[nH]2)cc(=O)[nH]c1=O. The van der Waals surface area contributed by atoms with Gasteiger partial charge >= 0.3 is 5.69 Å². The average Bonchev–Trinajstić information content (AvgIpc) is 2.65. The fraction of sp³-hybridized carbons (Fsp3) is 0.118. The van der Waals surface area contributed by atoms with Gasteiger partial charge in [-0.3, -0.25) is 19.4 Å². The number of aromatic nitrogens is 4. The standard InChI is InChI=1S/C17H16N6O5S/c1-28-10-5-3-2-4-9(10)23-12(7-14(25)22-17(23)27)20-15(26)8-29-16-19-11(18)6-13(24)21-16/h2-7H,8H2,1H3,(H,20,26)(H,22,25,27)(H3,18,19,21,24). The van der Waals surface area contributed by atoms with E-state index in [1.165, 1.54) is 7.11 Å². The third kappa shape index (κ3) is 4.73. The Bertz CT molecular complexity index is 1230. The molecule has 29 heavy (non-hydrogen) atoms. The number of H-pyrrole nitrogens is 2. The normalized spacial score (nSPS) is 10.5. The maximum atomic E-state index is 12.4. The number of nitrogen functional groups attached to an aromatic ring is 1. The minimum Gasteiger partial charge on any atom is -0.495 e. The van der Waals surface area contributed by atoms with E-state index in [0.717, 1.165) is 28.5 Å². The lowest BCUT2D eigenvalue weighted by atomic mass is 10.3. The Balaban J connectivity index is 1.88. The minimum absolute atomic E-state index is 0.0243. The number of nitrogens with one attached hydrogen (secondary N) is 3. The summed E-state index contributed by atoms with van der Waals surface area (Å²) in [7, 11) is 1.43. The van der Waals surface area contributed by atoms with Gasteiger partial charge in [-0.2, -0.15) is 0 Å². The Hall–Kier alpha value is -3.80. The van der Waals surface area contributed by atoms with Gasteiger partial charge in [-0.05, 0) is 12.1 Å². The molecular formula is C17H16N6O5S. The third-order valence-corrected chi connectivity index (χ3v) is 4.49. The third-order valence-electron chi connectivity index (χ3n) is 3.62. The van der Waals surface area contributed by atoms with Crippen LogP contribution in [0.4, 0.5) is 11.6 Å². The van der Waals surface area contributed by atoms with Crippen molar-refractivity contribution < 1.29 is 9.53 Å². The molecule has 0 spiro atoms. The van der Waals surface area contributed by atoms with Crippen LogP contribution in [0.1, 0.15) is 0 Å². The van der Waals surface area contributed by atoms with Gasteiger partial charge in [0.05, 0.1) is 18.6 Å². The molecule has 0 atom stereocenters. The van der Waals surface area contributed by atoms with Crippen LogP contribution in [-0.4, -0.2) is 38.3 Å². The molecule has 0 aliphatic carbocycles. The lowest BCUT2D eigenvalue weighted by Crippen LogP contribution is -2.32. The monoisotopic (exact) mass is 416 g/mol. The summed E-state index contributed by atoms with van der Waals surface area (Å²) in [6.07, 6.45) is 0. The molecule has 150 valence electrons. The lowest BCUT2D eigenvalue weighted by Gasteiger charge is -2.15. The summed E-state index contributed by atoms with van der Waals surface area (Å²) in [6.45, 7) is 0. The van der Waals surface area contributed by atoms with Crippen LogP contribution in [0.5, 0.6) is 5.75 Å². The summed E-state index contributed by atoms with van der Waals surface area (Å²) in [5, 5.41) is 2.68. The molecule has 2 heterocycles. The summed E-state index contributed by atoms with van der Waals surface area (Å²) < 4.78 is 6.36. The van der Waals surface area contributed by atoms with E-state index in [0.29, 0.717) is 11.4 Å². The molecule has 0 saturated carbocycles. The molecule has 5 N–H and O–H groups in total. The fourth-order valence-electron chi connectivity index (χ4n) is 2.48. The van der Waals surface area contributed by atoms with E-state index in [-0.39, 0.29) is 22.5 Å². The van der Waals surface area contributed by atoms with Crippen molar-refractivity contribution in [2.75, 3.05) is 23.9 Å². The van der Waals surface area contributed by atoms with E-state index in [9.17, 15) is 19.2 Å². The number of para-hydroxylation sites is 2. The number of carbonyl (C=O) groups excluding carboxylic acids is 1. The number of rotatable bonds is 6. The van der Waals surface area contributed by atoms with Crippen LogP contribution in [0, 0.1) is 0 Å². The highest BCUT2D eigenvalue weighted by atomic mass is 32.2. The maximum Gasteiger partial charge on any atom is 0.334 e. The molecule has 2 aromatic heterocycles. The van der Waals surface area contributed by atoms with Crippen molar-refractivity contribution in [3.63, 3.8) is 0 Å². The molecule has 1 amide bonds. The van der Waals surface area contributed by atoms with Crippen molar-refractivity contribution in [3.05, 3.63) is 67.6 Å². The van der Waals surface area contributed by atoms with E-state index >= 15 is 0 Å². The van der Waals surface area contributed by atoms with Crippen molar-refractivity contribution in [2.45, 2.75) is 5.16 Å². The zero-order chi connectivity index (χ0) is 21.0. The van der Waals surface area contributed by atoms with Gasteiger partial charge in [0.15, 0.2) is 5.16 Å². The minimum atomic E-state index is -0.744. The Morgan fingerprint density at radius 3 is 2.66 bits per heavy atom. The summed E-state index contributed by atoms with van der Waals surface area (Å²) in [4.78, 5) is 56.4. The molecule has 0 unspecified atom stereocenters. The van der Waals surface area contributed by atoms with Gasteiger partial charge in [-0.1, -0.05) is 23.9 Å². The Morgan fingerprint density at radius 2 is 1.93 bits per heavy atom. The molecular weight excluding hydrogens is 400 g/mol. The second-order valence-electron chi connectivity index (χ2n) is 5.64. The second-order valence-corrected chi connectivity index (χ2v) is 6.61. The number of carbonyl (C=O) groups is 1. The first-order chi connectivity index (χ1) is 13.9. The van der Waals surface area contributed by atoms with Crippen LogP contribution < -0.4 is 32.6 Å². The first-order valence-corrected chi connectivity index (χ1v) is 9.15. The van der Waals surface area contributed by atoms with E-state index in [1.807, 2.05) is 0 Å². The second kappa shape index (κ2) is 8.48. The quantitative estimate of drug-likeness (QED) is 0.320. The lowest BCUT2D eigenvalue weighted by molar-refractivity contribution is -0.113. The van der Waals surface area contributed by atoms with E-state index < -0.39 is 22.7 Å². The zero-order valence-corrected chi connectivity index (χ0v) is 15.9. The molecule has 0 bridgehead atoms. The molecule has 0 fully saturated rings. The smallest absolute Gasteiger partial charge is 0.334 e. The number of nitrogens with two attached hydrogens (primary N) is 1. The molecule has 0 saturated heterocycles. The molecule has 3 aromatic rings. The average molecular weight is 416 g/mol. The Kier molecular flexibility index (Phi) is 5.83. The van der Waals surface area contributed by atoms with E-state index in [4.69, 9.17) is 10.5 Å². The highest BCUT2D eigenvalue weighted by molar-refractivity contribution is 7.99. The number of nitrogens with zero attached hydrogens (tertiary/aromatic N) is 2. The van der Waals surface area contributed by atoms with Gasteiger partial charge in [0.1, 0.15) is 17.4 Å². The van der Waals surface area contributed by atoms with E-state index in [1.54, 1.807) is 24.3 Å². The van der Waals surface area contributed by atoms with Crippen LogP contribution >= 0.6 is 11.8 Å². The summed E-state index contributed by atoms with van der Waals surface area (Å²) in [6, 6.07) is 8.83. The van der Waals surface area contributed by atoms with Gasteiger partial charge < -0.3 is 20.8 Å². The first-order valence-electron chi connectivity index (χ1n) is 8.16. The maximum absolute atomic E-state index is 12.4.